The molecule has 104 valence electrons. The maximum Gasteiger partial charge on any atom is 0.243 e. The molecule has 0 unspecified atom stereocenters. The lowest BCUT2D eigenvalue weighted by atomic mass is 10.2. The van der Waals surface area contributed by atoms with Gasteiger partial charge in [0.15, 0.2) is 0 Å². The summed E-state index contributed by atoms with van der Waals surface area (Å²) >= 11 is 0. The van der Waals surface area contributed by atoms with Crippen molar-refractivity contribution in [3.8, 4) is 6.07 Å². The molecule has 0 amide bonds. The Hall–Kier alpha value is -2.17. The van der Waals surface area contributed by atoms with Gasteiger partial charge in [0.2, 0.25) is 10.0 Å². The Labute approximate surface area is 117 Å². The molecule has 1 N–H and O–H groups in total. The zero-order chi connectivity index (χ0) is 14.8. The fourth-order valence-corrected chi connectivity index (χ4v) is 3.24. The van der Waals surface area contributed by atoms with E-state index in [0.717, 1.165) is 5.56 Å². The summed E-state index contributed by atoms with van der Waals surface area (Å²) in [6, 6.07) is 6.53. The van der Waals surface area contributed by atoms with Crippen molar-refractivity contribution in [1.82, 2.24) is 14.5 Å². The molecule has 1 aromatic carbocycles. The first-order valence-corrected chi connectivity index (χ1v) is 7.34. The summed E-state index contributed by atoms with van der Waals surface area (Å²) in [5, 5.41) is 15.2. The van der Waals surface area contributed by atoms with Gasteiger partial charge in [-0.3, -0.25) is 5.10 Å². The number of benzene rings is 1. The van der Waals surface area contributed by atoms with Gasteiger partial charge in [0.25, 0.3) is 0 Å². The molecule has 0 atom stereocenters. The highest BCUT2D eigenvalue weighted by Gasteiger charge is 2.23. The molecule has 0 fully saturated rings. The molecule has 0 bridgehead atoms. The Balaban J connectivity index is 2.33. The number of nitrogens with one attached hydrogen (secondary N) is 1. The van der Waals surface area contributed by atoms with Gasteiger partial charge in [-0.15, -0.1) is 0 Å². The van der Waals surface area contributed by atoms with Crippen LogP contribution in [-0.2, 0) is 16.6 Å². The molecule has 0 saturated heterocycles. The third-order valence-electron chi connectivity index (χ3n) is 2.95. The van der Waals surface area contributed by atoms with Gasteiger partial charge in [-0.25, -0.2) is 8.42 Å². The van der Waals surface area contributed by atoms with Gasteiger partial charge in [0.05, 0.1) is 22.7 Å². The van der Waals surface area contributed by atoms with Crippen LogP contribution in [0.1, 0.15) is 16.7 Å². The standard InChI is InChI=1S/C13H14N4O2S/c1-10-5-11(6-14)3-4-13(10)20(18,19)17(2)9-12-7-15-16-8-12/h3-5,7-8H,9H2,1-2H3,(H,15,16). The first-order valence-electron chi connectivity index (χ1n) is 5.90. The van der Waals surface area contributed by atoms with Crippen LogP contribution in [0.3, 0.4) is 0 Å². The van der Waals surface area contributed by atoms with Crippen molar-refractivity contribution in [2.45, 2.75) is 18.4 Å². The Bertz CT molecular complexity index is 745. The summed E-state index contributed by atoms with van der Waals surface area (Å²) in [6.07, 6.45) is 3.23. The fourth-order valence-electron chi connectivity index (χ4n) is 1.88. The second-order valence-corrected chi connectivity index (χ2v) is 6.47. The van der Waals surface area contributed by atoms with Crippen molar-refractivity contribution in [3.05, 3.63) is 47.3 Å². The maximum absolute atomic E-state index is 12.5. The molecular formula is C13H14N4O2S. The van der Waals surface area contributed by atoms with Crippen LogP contribution in [0, 0.1) is 18.3 Å². The van der Waals surface area contributed by atoms with E-state index in [4.69, 9.17) is 5.26 Å². The smallest absolute Gasteiger partial charge is 0.243 e. The summed E-state index contributed by atoms with van der Waals surface area (Å²) in [5.41, 5.74) is 1.78. The van der Waals surface area contributed by atoms with E-state index in [1.807, 2.05) is 6.07 Å². The van der Waals surface area contributed by atoms with Crippen LogP contribution >= 0.6 is 0 Å². The third-order valence-corrected chi connectivity index (χ3v) is 4.92. The van der Waals surface area contributed by atoms with E-state index < -0.39 is 10.0 Å². The molecule has 2 rings (SSSR count). The number of H-pyrrole nitrogens is 1. The SMILES string of the molecule is Cc1cc(C#N)ccc1S(=O)(=O)N(C)Cc1cn[nH]c1. The van der Waals surface area contributed by atoms with Crippen LogP contribution in [-0.4, -0.2) is 30.0 Å². The summed E-state index contributed by atoms with van der Waals surface area (Å²) in [4.78, 5) is 0.211. The highest BCUT2D eigenvalue weighted by atomic mass is 32.2. The van der Waals surface area contributed by atoms with Crippen LogP contribution in [0.2, 0.25) is 0 Å². The first kappa shape index (κ1) is 14.2. The Kier molecular flexibility index (Phi) is 3.88. The van der Waals surface area contributed by atoms with Gasteiger partial charge in [-0.05, 0) is 30.7 Å². The predicted octanol–water partition coefficient (Wildman–Crippen LogP) is 1.41. The van der Waals surface area contributed by atoms with Crippen molar-refractivity contribution in [3.63, 3.8) is 0 Å². The van der Waals surface area contributed by atoms with Crippen LogP contribution in [0.5, 0.6) is 0 Å². The van der Waals surface area contributed by atoms with Gasteiger partial charge in [-0.2, -0.15) is 14.7 Å². The van der Waals surface area contributed by atoms with Gasteiger partial charge in [0.1, 0.15) is 0 Å². The molecule has 0 saturated carbocycles. The molecule has 0 aliphatic carbocycles. The predicted molar refractivity (Wildman–Crippen MR) is 73.1 cm³/mol. The Morgan fingerprint density at radius 1 is 1.45 bits per heavy atom. The van der Waals surface area contributed by atoms with Gasteiger partial charge in [-0.1, -0.05) is 0 Å². The summed E-state index contributed by atoms with van der Waals surface area (Å²) < 4.78 is 26.2. The minimum absolute atomic E-state index is 0.211. The zero-order valence-corrected chi connectivity index (χ0v) is 12.0. The number of hydrogen-bond acceptors (Lipinski definition) is 4. The van der Waals surface area contributed by atoms with E-state index in [9.17, 15) is 8.42 Å². The molecular weight excluding hydrogens is 276 g/mol. The lowest BCUT2D eigenvalue weighted by Crippen LogP contribution is -2.27. The van der Waals surface area contributed by atoms with E-state index >= 15 is 0 Å². The van der Waals surface area contributed by atoms with Gasteiger partial charge < -0.3 is 0 Å². The van der Waals surface area contributed by atoms with E-state index in [0.29, 0.717) is 11.1 Å². The monoisotopic (exact) mass is 290 g/mol. The number of rotatable bonds is 4. The normalized spacial score (nSPS) is 11.5. The van der Waals surface area contributed by atoms with Crippen molar-refractivity contribution in [2.24, 2.45) is 0 Å². The molecule has 6 nitrogen and oxygen atoms in total. The lowest BCUT2D eigenvalue weighted by molar-refractivity contribution is 0.466. The Morgan fingerprint density at radius 2 is 2.20 bits per heavy atom. The molecule has 0 radical (unpaired) electrons. The molecule has 20 heavy (non-hydrogen) atoms. The van der Waals surface area contributed by atoms with E-state index in [1.54, 1.807) is 25.4 Å². The van der Waals surface area contributed by atoms with Crippen molar-refractivity contribution < 1.29 is 8.42 Å². The zero-order valence-electron chi connectivity index (χ0n) is 11.2. The van der Waals surface area contributed by atoms with Crippen molar-refractivity contribution >= 4 is 10.0 Å². The molecule has 1 aromatic heterocycles. The minimum Gasteiger partial charge on any atom is -0.285 e. The minimum atomic E-state index is -3.59. The van der Waals surface area contributed by atoms with Gasteiger partial charge >= 0.3 is 0 Å². The van der Waals surface area contributed by atoms with E-state index in [-0.39, 0.29) is 11.4 Å². The molecule has 0 aliphatic rings. The average Bonchev–Trinajstić information content (AvgIpc) is 2.91. The maximum atomic E-state index is 12.5. The number of aromatic nitrogens is 2. The van der Waals surface area contributed by atoms with E-state index in [2.05, 4.69) is 10.2 Å². The molecule has 7 heteroatoms. The number of nitriles is 1. The second kappa shape index (κ2) is 5.45. The molecule has 0 aliphatic heterocycles. The van der Waals surface area contributed by atoms with Crippen LogP contribution < -0.4 is 0 Å². The summed E-state index contributed by atoms with van der Waals surface area (Å²) in [5.74, 6) is 0. The second-order valence-electron chi connectivity index (χ2n) is 4.46. The molecule has 2 aromatic rings. The number of hydrogen-bond donors (Lipinski definition) is 1. The van der Waals surface area contributed by atoms with Crippen LogP contribution in [0.4, 0.5) is 0 Å². The molecule has 1 heterocycles. The fraction of sp³-hybridized carbons (Fsp3) is 0.231. The highest BCUT2D eigenvalue weighted by Crippen LogP contribution is 2.21. The first-order chi connectivity index (χ1) is 9.45. The molecule has 0 spiro atoms. The van der Waals surface area contributed by atoms with E-state index in [1.165, 1.54) is 23.5 Å². The van der Waals surface area contributed by atoms with Crippen molar-refractivity contribution in [1.29, 1.82) is 5.26 Å². The van der Waals surface area contributed by atoms with Crippen LogP contribution in [0.25, 0.3) is 0 Å². The summed E-state index contributed by atoms with van der Waals surface area (Å²) in [7, 11) is -2.07. The lowest BCUT2D eigenvalue weighted by Gasteiger charge is -2.17. The quantitative estimate of drug-likeness (QED) is 0.921. The number of aromatic amines is 1. The highest BCUT2D eigenvalue weighted by molar-refractivity contribution is 7.89. The number of aryl methyl sites for hydroxylation is 1. The number of sulfonamides is 1. The Morgan fingerprint density at radius 3 is 2.75 bits per heavy atom. The van der Waals surface area contributed by atoms with Gasteiger partial charge in [0, 0.05) is 25.4 Å². The third kappa shape index (κ3) is 2.71. The van der Waals surface area contributed by atoms with Crippen LogP contribution in [0.15, 0.2) is 35.5 Å². The average molecular weight is 290 g/mol. The topological polar surface area (TPSA) is 89.8 Å². The summed E-state index contributed by atoms with van der Waals surface area (Å²) in [6.45, 7) is 1.91. The van der Waals surface area contributed by atoms with Crippen molar-refractivity contribution in [2.75, 3.05) is 7.05 Å². The largest absolute Gasteiger partial charge is 0.285 e. The number of nitrogens with zero attached hydrogens (tertiary/aromatic N) is 3.